The van der Waals surface area contributed by atoms with Crippen LogP contribution in [-0.2, 0) is 0 Å². The fraction of sp³-hybridized carbons (Fsp3) is 0.125. The number of hydrogen-bond acceptors (Lipinski definition) is 3. The molecule has 0 aromatic heterocycles. The van der Waals surface area contributed by atoms with Crippen LogP contribution < -0.4 is 10.6 Å². The van der Waals surface area contributed by atoms with E-state index in [1.165, 1.54) is 0 Å². The van der Waals surface area contributed by atoms with Gasteiger partial charge in [0.15, 0.2) is 0 Å². The van der Waals surface area contributed by atoms with E-state index in [1.54, 1.807) is 55.5 Å². The molecule has 1 atom stereocenters. The van der Waals surface area contributed by atoms with E-state index in [9.17, 15) is 9.90 Å². The zero-order chi connectivity index (χ0) is 15.2. The maximum atomic E-state index is 11.9. The molecule has 2 aromatic carbocycles. The molecular weight excluding hydrogens is 266 g/mol. The first-order valence-corrected chi connectivity index (χ1v) is 6.45. The van der Waals surface area contributed by atoms with Gasteiger partial charge in [0, 0.05) is 5.69 Å². The molecule has 0 heterocycles. The number of carbonyl (C=O) groups is 1. The van der Waals surface area contributed by atoms with Gasteiger partial charge >= 0.3 is 6.03 Å². The third kappa shape index (κ3) is 3.81. The minimum atomic E-state index is -0.603. The van der Waals surface area contributed by atoms with Crippen LogP contribution in [0.15, 0.2) is 48.5 Å². The van der Waals surface area contributed by atoms with Crippen molar-refractivity contribution in [2.45, 2.75) is 13.0 Å². The summed E-state index contributed by atoms with van der Waals surface area (Å²) in [4.78, 5) is 11.9. The van der Waals surface area contributed by atoms with Gasteiger partial charge in [0.1, 0.15) is 6.07 Å². The van der Waals surface area contributed by atoms with Crippen LogP contribution in [0.1, 0.15) is 24.2 Å². The fourth-order valence-corrected chi connectivity index (χ4v) is 1.85. The van der Waals surface area contributed by atoms with Crippen LogP contribution in [-0.4, -0.2) is 11.1 Å². The van der Waals surface area contributed by atoms with Crippen molar-refractivity contribution in [1.29, 1.82) is 5.26 Å². The van der Waals surface area contributed by atoms with Gasteiger partial charge < -0.3 is 15.7 Å². The highest BCUT2D eigenvalue weighted by Crippen LogP contribution is 2.18. The van der Waals surface area contributed by atoms with Gasteiger partial charge in [0.05, 0.1) is 17.4 Å². The summed E-state index contributed by atoms with van der Waals surface area (Å²) < 4.78 is 0. The molecule has 5 heteroatoms. The molecule has 0 saturated heterocycles. The maximum Gasteiger partial charge on any atom is 0.323 e. The molecule has 0 aliphatic heterocycles. The highest BCUT2D eigenvalue weighted by molar-refractivity contribution is 6.00. The Bertz CT molecular complexity index is 690. The van der Waals surface area contributed by atoms with Crippen molar-refractivity contribution in [2.75, 3.05) is 10.6 Å². The quantitative estimate of drug-likeness (QED) is 0.807. The lowest BCUT2D eigenvalue weighted by atomic mass is 10.1. The van der Waals surface area contributed by atoms with E-state index in [2.05, 4.69) is 10.6 Å². The number of nitrogens with zero attached hydrogens (tertiary/aromatic N) is 1. The monoisotopic (exact) mass is 281 g/mol. The number of aliphatic hydroxyl groups is 1. The second-order valence-corrected chi connectivity index (χ2v) is 4.54. The number of aliphatic hydroxyl groups excluding tert-OH is 1. The molecule has 21 heavy (non-hydrogen) atoms. The first-order valence-electron chi connectivity index (χ1n) is 6.45. The van der Waals surface area contributed by atoms with Gasteiger partial charge in [-0.05, 0) is 36.8 Å². The predicted molar refractivity (Wildman–Crippen MR) is 80.9 cm³/mol. The fourth-order valence-electron chi connectivity index (χ4n) is 1.85. The van der Waals surface area contributed by atoms with Crippen LogP contribution in [0.25, 0.3) is 0 Å². The average molecular weight is 281 g/mol. The highest BCUT2D eigenvalue weighted by Gasteiger charge is 2.07. The molecule has 0 radical (unpaired) electrons. The first-order chi connectivity index (χ1) is 10.1. The maximum absolute atomic E-state index is 11.9. The Morgan fingerprint density at radius 2 is 1.95 bits per heavy atom. The minimum absolute atomic E-state index is 0.394. The van der Waals surface area contributed by atoms with Crippen molar-refractivity contribution in [3.05, 3.63) is 59.7 Å². The van der Waals surface area contributed by atoms with E-state index in [-0.39, 0.29) is 0 Å². The summed E-state index contributed by atoms with van der Waals surface area (Å²) >= 11 is 0. The van der Waals surface area contributed by atoms with Crippen LogP contribution in [0.4, 0.5) is 16.2 Å². The Morgan fingerprint density at radius 1 is 1.19 bits per heavy atom. The van der Waals surface area contributed by atoms with Crippen molar-refractivity contribution < 1.29 is 9.90 Å². The molecule has 2 aromatic rings. The number of nitriles is 1. The Balaban J connectivity index is 2.09. The van der Waals surface area contributed by atoms with Gasteiger partial charge in [0.25, 0.3) is 0 Å². The molecule has 3 N–H and O–H groups in total. The molecule has 1 unspecified atom stereocenters. The number of nitrogens with one attached hydrogen (secondary N) is 2. The van der Waals surface area contributed by atoms with E-state index in [1.807, 2.05) is 6.07 Å². The molecule has 2 rings (SSSR count). The number of urea groups is 1. The lowest BCUT2D eigenvalue weighted by Crippen LogP contribution is -2.20. The molecule has 0 spiro atoms. The van der Waals surface area contributed by atoms with Gasteiger partial charge in [-0.1, -0.05) is 24.3 Å². The van der Waals surface area contributed by atoms with E-state index in [4.69, 9.17) is 5.26 Å². The molecule has 0 bridgehead atoms. The Kier molecular flexibility index (Phi) is 4.54. The molecule has 0 fully saturated rings. The SMILES string of the molecule is CC(O)c1cccc(NC(=O)Nc2ccccc2C#N)c1. The third-order valence-electron chi connectivity index (χ3n) is 2.92. The zero-order valence-electron chi connectivity index (χ0n) is 11.5. The summed E-state index contributed by atoms with van der Waals surface area (Å²) in [6, 6.07) is 15.3. The predicted octanol–water partition coefficient (Wildman–Crippen LogP) is 3.26. The second-order valence-electron chi connectivity index (χ2n) is 4.54. The Morgan fingerprint density at radius 3 is 2.67 bits per heavy atom. The van der Waals surface area contributed by atoms with E-state index < -0.39 is 12.1 Å². The number of carbonyl (C=O) groups excluding carboxylic acids is 1. The number of rotatable bonds is 3. The zero-order valence-corrected chi connectivity index (χ0v) is 11.5. The molecular formula is C16H15N3O2. The topological polar surface area (TPSA) is 85.2 Å². The largest absolute Gasteiger partial charge is 0.389 e. The van der Waals surface area contributed by atoms with Crippen molar-refractivity contribution in [3.8, 4) is 6.07 Å². The Labute approximate surface area is 122 Å². The highest BCUT2D eigenvalue weighted by atomic mass is 16.3. The standard InChI is InChI=1S/C16H15N3O2/c1-11(20)12-6-4-7-14(9-12)18-16(21)19-15-8-3-2-5-13(15)10-17/h2-9,11,20H,1H3,(H2,18,19,21). The number of hydrogen-bond donors (Lipinski definition) is 3. The number of anilines is 2. The van der Waals surface area contributed by atoms with Crippen LogP contribution in [0.2, 0.25) is 0 Å². The molecule has 2 amide bonds. The van der Waals surface area contributed by atoms with Crippen molar-refractivity contribution in [3.63, 3.8) is 0 Å². The van der Waals surface area contributed by atoms with E-state index >= 15 is 0 Å². The van der Waals surface area contributed by atoms with Crippen molar-refractivity contribution in [1.82, 2.24) is 0 Å². The van der Waals surface area contributed by atoms with Gasteiger partial charge in [-0.3, -0.25) is 0 Å². The third-order valence-corrected chi connectivity index (χ3v) is 2.92. The van der Waals surface area contributed by atoms with Gasteiger partial charge in [-0.15, -0.1) is 0 Å². The summed E-state index contributed by atoms with van der Waals surface area (Å²) in [7, 11) is 0. The lowest BCUT2D eigenvalue weighted by molar-refractivity contribution is 0.199. The summed E-state index contributed by atoms with van der Waals surface area (Å²) in [6.07, 6.45) is -0.603. The smallest absolute Gasteiger partial charge is 0.323 e. The van der Waals surface area contributed by atoms with Gasteiger partial charge in [0.2, 0.25) is 0 Å². The van der Waals surface area contributed by atoms with E-state index in [0.29, 0.717) is 22.5 Å². The summed E-state index contributed by atoms with van der Waals surface area (Å²) in [5, 5.41) is 23.8. The van der Waals surface area contributed by atoms with Crippen LogP contribution in [0.3, 0.4) is 0 Å². The number of para-hydroxylation sites is 1. The molecule has 0 saturated carbocycles. The molecule has 0 aliphatic rings. The summed E-state index contributed by atoms with van der Waals surface area (Å²) in [6.45, 7) is 1.66. The Hall–Kier alpha value is -2.84. The van der Waals surface area contributed by atoms with Crippen LogP contribution in [0, 0.1) is 11.3 Å². The van der Waals surface area contributed by atoms with E-state index in [0.717, 1.165) is 0 Å². The van der Waals surface area contributed by atoms with Crippen LogP contribution >= 0.6 is 0 Å². The number of amides is 2. The minimum Gasteiger partial charge on any atom is -0.389 e. The van der Waals surface area contributed by atoms with Crippen LogP contribution in [0.5, 0.6) is 0 Å². The van der Waals surface area contributed by atoms with Gasteiger partial charge in [-0.25, -0.2) is 4.79 Å². The number of benzene rings is 2. The van der Waals surface area contributed by atoms with Gasteiger partial charge in [-0.2, -0.15) is 5.26 Å². The molecule has 106 valence electrons. The molecule has 0 aliphatic carbocycles. The molecule has 5 nitrogen and oxygen atoms in total. The normalized spacial score (nSPS) is 11.3. The summed E-state index contributed by atoms with van der Waals surface area (Å²) in [5.74, 6) is 0. The average Bonchev–Trinajstić information content (AvgIpc) is 2.48. The summed E-state index contributed by atoms with van der Waals surface area (Å²) in [5.41, 5.74) is 2.13. The second kappa shape index (κ2) is 6.55. The van der Waals surface area contributed by atoms with Crippen molar-refractivity contribution in [2.24, 2.45) is 0 Å². The first kappa shape index (κ1) is 14.6. The lowest BCUT2D eigenvalue weighted by Gasteiger charge is -2.10. The van der Waals surface area contributed by atoms with Crippen molar-refractivity contribution >= 4 is 17.4 Å².